The lowest BCUT2D eigenvalue weighted by molar-refractivity contribution is 0.403. The first kappa shape index (κ1) is 11.6. The average Bonchev–Trinajstić information content (AvgIpc) is 2.67. The van der Waals surface area contributed by atoms with Crippen LogP contribution in [0.4, 0.5) is 0 Å². The topological polar surface area (TPSA) is 29.9 Å². The van der Waals surface area contributed by atoms with Gasteiger partial charge in [0.05, 0.1) is 0 Å². The highest BCUT2D eigenvalue weighted by atomic mass is 15.0. The Balaban J connectivity index is 1.87. The molecule has 0 aliphatic heterocycles. The van der Waals surface area contributed by atoms with Gasteiger partial charge in [-0.25, -0.2) is 4.98 Å². The second-order valence-electron chi connectivity index (χ2n) is 5.69. The van der Waals surface area contributed by atoms with E-state index >= 15 is 0 Å². The van der Waals surface area contributed by atoms with Crippen molar-refractivity contribution in [1.82, 2.24) is 14.9 Å². The molecule has 0 bridgehead atoms. The number of aryl methyl sites for hydroxylation is 2. The van der Waals surface area contributed by atoms with Gasteiger partial charge in [-0.1, -0.05) is 13.8 Å². The maximum atomic E-state index is 4.37. The molecule has 1 heterocycles. The van der Waals surface area contributed by atoms with Crippen molar-refractivity contribution in [1.29, 1.82) is 0 Å². The van der Waals surface area contributed by atoms with Gasteiger partial charge in [0.1, 0.15) is 5.82 Å². The average molecular weight is 221 g/mol. The maximum absolute atomic E-state index is 4.37. The van der Waals surface area contributed by atoms with Gasteiger partial charge in [-0.2, -0.15) is 0 Å². The van der Waals surface area contributed by atoms with Crippen LogP contribution in [0, 0.1) is 11.3 Å². The highest BCUT2D eigenvalue weighted by Crippen LogP contribution is 2.54. The van der Waals surface area contributed by atoms with Crippen molar-refractivity contribution in [3.63, 3.8) is 0 Å². The molecule has 0 amide bonds. The Labute approximate surface area is 98.3 Å². The van der Waals surface area contributed by atoms with E-state index < -0.39 is 0 Å². The molecule has 1 fully saturated rings. The Bertz CT molecular complexity index is 354. The Kier molecular flexibility index (Phi) is 3.06. The quantitative estimate of drug-likeness (QED) is 0.824. The van der Waals surface area contributed by atoms with Crippen LogP contribution in [0.5, 0.6) is 0 Å². The van der Waals surface area contributed by atoms with E-state index in [0.717, 1.165) is 12.3 Å². The summed E-state index contributed by atoms with van der Waals surface area (Å²) in [6, 6.07) is 0.645. The molecule has 90 valence electrons. The minimum atomic E-state index is 0.551. The van der Waals surface area contributed by atoms with Crippen molar-refractivity contribution in [2.24, 2.45) is 18.4 Å². The molecule has 16 heavy (non-hydrogen) atoms. The molecule has 0 aromatic carbocycles. The first-order valence-electron chi connectivity index (χ1n) is 6.18. The summed E-state index contributed by atoms with van der Waals surface area (Å²) in [6.45, 7) is 4.73. The molecule has 3 nitrogen and oxygen atoms in total. The molecule has 3 heteroatoms. The molecule has 0 spiro atoms. The number of rotatable bonds is 5. The third-order valence-corrected chi connectivity index (χ3v) is 4.05. The predicted octanol–water partition coefficient (Wildman–Crippen LogP) is 1.99. The molecule has 2 rings (SSSR count). The Morgan fingerprint density at radius 2 is 2.31 bits per heavy atom. The lowest BCUT2D eigenvalue weighted by Gasteiger charge is -2.17. The van der Waals surface area contributed by atoms with Crippen molar-refractivity contribution < 1.29 is 0 Å². The van der Waals surface area contributed by atoms with E-state index in [2.05, 4.69) is 42.8 Å². The minimum absolute atomic E-state index is 0.551. The molecule has 1 saturated carbocycles. The second kappa shape index (κ2) is 4.21. The van der Waals surface area contributed by atoms with Gasteiger partial charge in [0.25, 0.3) is 0 Å². The zero-order valence-corrected chi connectivity index (χ0v) is 10.8. The number of hydrogen-bond donors (Lipinski definition) is 1. The summed E-state index contributed by atoms with van der Waals surface area (Å²) in [4.78, 5) is 4.37. The van der Waals surface area contributed by atoms with E-state index in [-0.39, 0.29) is 0 Å². The monoisotopic (exact) mass is 221 g/mol. The van der Waals surface area contributed by atoms with Gasteiger partial charge in [-0.15, -0.1) is 0 Å². The van der Waals surface area contributed by atoms with Crippen molar-refractivity contribution in [2.75, 3.05) is 7.05 Å². The summed E-state index contributed by atoms with van der Waals surface area (Å²) in [5.74, 6) is 2.04. The van der Waals surface area contributed by atoms with E-state index in [1.807, 2.05) is 12.4 Å². The summed E-state index contributed by atoms with van der Waals surface area (Å²) in [5, 5.41) is 3.46. The zero-order chi connectivity index (χ0) is 11.8. The molecule has 1 aliphatic rings. The maximum Gasteiger partial charge on any atom is 0.108 e. The van der Waals surface area contributed by atoms with Crippen molar-refractivity contribution in [3.8, 4) is 0 Å². The van der Waals surface area contributed by atoms with E-state index in [9.17, 15) is 0 Å². The molecular formula is C13H23N3. The fourth-order valence-corrected chi connectivity index (χ4v) is 2.66. The molecule has 2 unspecified atom stereocenters. The van der Waals surface area contributed by atoms with E-state index in [1.165, 1.54) is 18.7 Å². The Hall–Kier alpha value is -0.830. The lowest BCUT2D eigenvalue weighted by atomic mass is 10.00. The van der Waals surface area contributed by atoms with E-state index in [4.69, 9.17) is 0 Å². The predicted molar refractivity (Wildman–Crippen MR) is 66.3 cm³/mol. The Morgan fingerprint density at radius 1 is 1.62 bits per heavy atom. The van der Waals surface area contributed by atoms with Gasteiger partial charge in [0.15, 0.2) is 0 Å². The number of nitrogens with zero attached hydrogens (tertiary/aromatic N) is 2. The van der Waals surface area contributed by atoms with Crippen molar-refractivity contribution in [3.05, 3.63) is 18.2 Å². The minimum Gasteiger partial charge on any atom is -0.338 e. The van der Waals surface area contributed by atoms with Gasteiger partial charge >= 0.3 is 0 Å². The van der Waals surface area contributed by atoms with Crippen LogP contribution >= 0.6 is 0 Å². The van der Waals surface area contributed by atoms with Gasteiger partial charge in [-0.3, -0.25) is 0 Å². The van der Waals surface area contributed by atoms with Crippen LogP contribution in [0.1, 0.15) is 32.5 Å². The smallest absolute Gasteiger partial charge is 0.108 e. The summed E-state index contributed by atoms with van der Waals surface area (Å²) in [5.41, 5.74) is 0.551. The largest absolute Gasteiger partial charge is 0.338 e. The standard InChI is InChI=1S/C13H23N3/c1-13(2)9-10(13)11(14-3)5-6-12-15-7-8-16(12)4/h7-8,10-11,14H,5-6,9H2,1-4H3. The molecule has 1 aliphatic carbocycles. The van der Waals surface area contributed by atoms with Gasteiger partial charge in [-0.05, 0) is 31.2 Å². The van der Waals surface area contributed by atoms with Crippen LogP contribution in [0.3, 0.4) is 0 Å². The van der Waals surface area contributed by atoms with Crippen LogP contribution in [0.25, 0.3) is 0 Å². The third kappa shape index (κ3) is 2.29. The first-order chi connectivity index (χ1) is 7.54. The first-order valence-corrected chi connectivity index (χ1v) is 6.18. The highest BCUT2D eigenvalue weighted by molar-refractivity contribution is 5.02. The molecule has 1 aromatic heterocycles. The zero-order valence-electron chi connectivity index (χ0n) is 10.8. The second-order valence-corrected chi connectivity index (χ2v) is 5.69. The SMILES string of the molecule is CNC(CCc1nccn1C)C1CC1(C)C. The molecule has 1 N–H and O–H groups in total. The van der Waals surface area contributed by atoms with Gasteiger partial charge in [0.2, 0.25) is 0 Å². The Morgan fingerprint density at radius 3 is 2.75 bits per heavy atom. The molecule has 1 aromatic rings. The van der Waals surface area contributed by atoms with E-state index in [1.54, 1.807) is 0 Å². The fourth-order valence-electron chi connectivity index (χ4n) is 2.66. The normalized spacial score (nSPS) is 24.4. The molecule has 0 saturated heterocycles. The summed E-state index contributed by atoms with van der Waals surface area (Å²) in [6.07, 6.45) is 7.52. The number of aromatic nitrogens is 2. The van der Waals surface area contributed by atoms with Crippen LogP contribution in [-0.2, 0) is 13.5 Å². The van der Waals surface area contributed by atoms with Crippen LogP contribution in [-0.4, -0.2) is 22.6 Å². The molecule has 2 atom stereocenters. The number of imidazole rings is 1. The summed E-state index contributed by atoms with van der Waals surface area (Å²) >= 11 is 0. The van der Waals surface area contributed by atoms with Crippen LogP contribution in [0.2, 0.25) is 0 Å². The van der Waals surface area contributed by atoms with Crippen LogP contribution in [0.15, 0.2) is 12.4 Å². The summed E-state index contributed by atoms with van der Waals surface area (Å²) < 4.78 is 2.12. The van der Waals surface area contributed by atoms with E-state index in [0.29, 0.717) is 11.5 Å². The van der Waals surface area contributed by atoms with Gasteiger partial charge < -0.3 is 9.88 Å². The van der Waals surface area contributed by atoms with Gasteiger partial charge in [0, 0.05) is 31.9 Å². The van der Waals surface area contributed by atoms with Crippen molar-refractivity contribution in [2.45, 2.75) is 39.2 Å². The lowest BCUT2D eigenvalue weighted by Crippen LogP contribution is -2.30. The number of nitrogens with one attached hydrogen (secondary N) is 1. The van der Waals surface area contributed by atoms with Crippen molar-refractivity contribution >= 4 is 0 Å². The molecular weight excluding hydrogens is 198 g/mol. The molecule has 0 radical (unpaired) electrons. The number of hydrogen-bond acceptors (Lipinski definition) is 2. The van der Waals surface area contributed by atoms with Crippen LogP contribution < -0.4 is 5.32 Å². The highest BCUT2D eigenvalue weighted by Gasteiger charge is 2.49. The summed E-state index contributed by atoms with van der Waals surface area (Å²) in [7, 11) is 4.15. The fraction of sp³-hybridized carbons (Fsp3) is 0.769. The third-order valence-electron chi connectivity index (χ3n) is 4.05.